The molecule has 7 heteroatoms. The summed E-state index contributed by atoms with van der Waals surface area (Å²) in [6.45, 7) is 0.454. The molecule has 2 rings (SSSR count). The van der Waals surface area contributed by atoms with E-state index in [-0.39, 0.29) is 16.5 Å². The van der Waals surface area contributed by atoms with Crippen molar-refractivity contribution in [2.75, 3.05) is 18.8 Å². The molecule has 1 unspecified atom stereocenters. The number of rotatable bonds is 2. The van der Waals surface area contributed by atoms with E-state index in [4.69, 9.17) is 17.3 Å². The van der Waals surface area contributed by atoms with Gasteiger partial charge in [-0.3, -0.25) is 0 Å². The number of β-amino-alcohol motifs (C(OH)–C–C–N with tert-alkyl or cyclic N) is 1. The third kappa shape index (κ3) is 2.40. The molecule has 0 aliphatic carbocycles. The van der Waals surface area contributed by atoms with Gasteiger partial charge in [-0.25, -0.2) is 8.42 Å². The standard InChI is InChI=1S/C10H13ClN2O3S/c11-9-5-8(1-2-10(9)12)17(15,16)13-4-3-7(14)6-13/h1-2,5,7,14H,3-4,6,12H2. The second-order valence-corrected chi connectivity index (χ2v) is 6.33. The van der Waals surface area contributed by atoms with Crippen LogP contribution in [0.25, 0.3) is 0 Å². The topological polar surface area (TPSA) is 83.6 Å². The number of sulfonamides is 1. The lowest BCUT2D eigenvalue weighted by Gasteiger charge is -2.16. The number of hydrogen-bond acceptors (Lipinski definition) is 4. The van der Waals surface area contributed by atoms with Crippen LogP contribution in [0, 0.1) is 0 Å². The van der Waals surface area contributed by atoms with Gasteiger partial charge in [-0.05, 0) is 24.6 Å². The van der Waals surface area contributed by atoms with Crippen molar-refractivity contribution in [3.05, 3.63) is 23.2 Å². The zero-order chi connectivity index (χ0) is 12.6. The van der Waals surface area contributed by atoms with Crippen LogP contribution in [0.4, 0.5) is 5.69 Å². The number of nitrogens with zero attached hydrogens (tertiary/aromatic N) is 1. The molecule has 1 fully saturated rings. The average Bonchev–Trinajstić information content (AvgIpc) is 2.69. The van der Waals surface area contributed by atoms with E-state index in [1.807, 2.05) is 0 Å². The van der Waals surface area contributed by atoms with Crippen molar-refractivity contribution < 1.29 is 13.5 Å². The Balaban J connectivity index is 2.35. The second kappa shape index (κ2) is 4.45. The molecule has 1 saturated heterocycles. The lowest BCUT2D eigenvalue weighted by molar-refractivity contribution is 0.189. The Kier molecular flexibility index (Phi) is 3.31. The van der Waals surface area contributed by atoms with Crippen molar-refractivity contribution in [1.82, 2.24) is 4.31 Å². The zero-order valence-corrected chi connectivity index (χ0v) is 10.6. The highest BCUT2D eigenvalue weighted by atomic mass is 35.5. The molecule has 1 aromatic carbocycles. The number of aliphatic hydroxyl groups excluding tert-OH is 1. The molecule has 0 spiro atoms. The van der Waals surface area contributed by atoms with Gasteiger partial charge in [0.1, 0.15) is 0 Å². The first kappa shape index (κ1) is 12.6. The molecule has 0 bridgehead atoms. The Morgan fingerprint density at radius 2 is 2.18 bits per heavy atom. The third-order valence-electron chi connectivity index (χ3n) is 2.74. The molecule has 1 aliphatic heterocycles. The van der Waals surface area contributed by atoms with Gasteiger partial charge in [0.05, 0.1) is 21.7 Å². The van der Waals surface area contributed by atoms with E-state index in [9.17, 15) is 13.5 Å². The van der Waals surface area contributed by atoms with Crippen molar-refractivity contribution in [2.24, 2.45) is 0 Å². The van der Waals surface area contributed by atoms with Crippen molar-refractivity contribution in [2.45, 2.75) is 17.4 Å². The maximum atomic E-state index is 12.2. The van der Waals surface area contributed by atoms with E-state index in [2.05, 4.69) is 0 Å². The summed E-state index contributed by atoms with van der Waals surface area (Å²) in [5.41, 5.74) is 5.87. The first-order valence-corrected chi connectivity index (χ1v) is 6.96. The predicted octanol–water partition coefficient (Wildman–Crippen LogP) is 0.677. The summed E-state index contributed by atoms with van der Waals surface area (Å²) in [5, 5.41) is 9.57. The summed E-state index contributed by atoms with van der Waals surface area (Å²) >= 11 is 5.80. The van der Waals surface area contributed by atoms with E-state index in [0.29, 0.717) is 18.7 Å². The number of nitrogens with two attached hydrogens (primary N) is 1. The molecule has 5 nitrogen and oxygen atoms in total. The van der Waals surface area contributed by atoms with Gasteiger partial charge in [0, 0.05) is 13.1 Å². The smallest absolute Gasteiger partial charge is 0.243 e. The number of halogens is 1. The zero-order valence-electron chi connectivity index (χ0n) is 9.01. The van der Waals surface area contributed by atoms with Gasteiger partial charge in [0.2, 0.25) is 10.0 Å². The quantitative estimate of drug-likeness (QED) is 0.778. The number of benzene rings is 1. The fourth-order valence-electron chi connectivity index (χ4n) is 1.75. The Labute approximate surface area is 105 Å². The summed E-state index contributed by atoms with van der Waals surface area (Å²) in [7, 11) is -3.58. The van der Waals surface area contributed by atoms with Crippen LogP contribution < -0.4 is 5.73 Å². The molecule has 1 aliphatic rings. The monoisotopic (exact) mass is 276 g/mol. The molecule has 0 radical (unpaired) electrons. The highest BCUT2D eigenvalue weighted by Crippen LogP contribution is 2.26. The average molecular weight is 277 g/mol. The van der Waals surface area contributed by atoms with Crippen LogP contribution in [0.3, 0.4) is 0 Å². The number of anilines is 1. The fourth-order valence-corrected chi connectivity index (χ4v) is 3.51. The highest BCUT2D eigenvalue weighted by molar-refractivity contribution is 7.89. The van der Waals surface area contributed by atoms with E-state index in [1.54, 1.807) is 0 Å². The summed E-state index contributed by atoms with van der Waals surface area (Å²) in [6, 6.07) is 4.21. The normalized spacial score (nSPS) is 21.9. The van der Waals surface area contributed by atoms with E-state index >= 15 is 0 Å². The first-order chi connectivity index (χ1) is 7.91. The lowest BCUT2D eigenvalue weighted by Crippen LogP contribution is -2.29. The van der Waals surface area contributed by atoms with Crippen LogP contribution in [0.5, 0.6) is 0 Å². The molecule has 1 heterocycles. The predicted molar refractivity (Wildman–Crippen MR) is 65.2 cm³/mol. The van der Waals surface area contributed by atoms with Crippen LogP contribution in [0.15, 0.2) is 23.1 Å². The molecular formula is C10H13ClN2O3S. The second-order valence-electron chi connectivity index (χ2n) is 3.99. The largest absolute Gasteiger partial charge is 0.398 e. The maximum absolute atomic E-state index is 12.2. The molecule has 0 amide bonds. The molecule has 1 atom stereocenters. The summed E-state index contributed by atoms with van der Waals surface area (Å²) in [4.78, 5) is 0.103. The molecule has 17 heavy (non-hydrogen) atoms. The van der Waals surface area contributed by atoms with E-state index in [1.165, 1.54) is 22.5 Å². The lowest BCUT2D eigenvalue weighted by atomic mass is 10.3. The third-order valence-corrected chi connectivity index (χ3v) is 4.92. The van der Waals surface area contributed by atoms with Crippen molar-refractivity contribution in [3.63, 3.8) is 0 Å². The number of hydrogen-bond donors (Lipinski definition) is 2. The van der Waals surface area contributed by atoms with Crippen molar-refractivity contribution >= 4 is 27.3 Å². The minimum absolute atomic E-state index is 0.103. The molecule has 0 aromatic heterocycles. The van der Waals surface area contributed by atoms with Crippen LogP contribution in [0.1, 0.15) is 6.42 Å². The van der Waals surface area contributed by atoms with Crippen LogP contribution in [0.2, 0.25) is 5.02 Å². The van der Waals surface area contributed by atoms with Crippen LogP contribution in [-0.4, -0.2) is 37.0 Å². The van der Waals surface area contributed by atoms with Gasteiger partial charge < -0.3 is 10.8 Å². The Hall–Kier alpha value is -0.820. The van der Waals surface area contributed by atoms with Crippen LogP contribution in [-0.2, 0) is 10.0 Å². The molecule has 0 saturated carbocycles. The summed E-state index contributed by atoms with van der Waals surface area (Å²) in [5.74, 6) is 0. The van der Waals surface area contributed by atoms with Gasteiger partial charge in [-0.2, -0.15) is 4.31 Å². The number of nitrogen functional groups attached to an aromatic ring is 1. The van der Waals surface area contributed by atoms with E-state index in [0.717, 1.165) is 0 Å². The molecule has 1 aromatic rings. The Morgan fingerprint density at radius 1 is 1.47 bits per heavy atom. The Morgan fingerprint density at radius 3 is 2.71 bits per heavy atom. The minimum atomic E-state index is -3.58. The van der Waals surface area contributed by atoms with Gasteiger partial charge in [0.15, 0.2) is 0 Å². The SMILES string of the molecule is Nc1ccc(S(=O)(=O)N2CCC(O)C2)cc1Cl. The van der Waals surface area contributed by atoms with Gasteiger partial charge in [-0.1, -0.05) is 11.6 Å². The van der Waals surface area contributed by atoms with Crippen molar-refractivity contribution in [3.8, 4) is 0 Å². The van der Waals surface area contributed by atoms with Gasteiger partial charge >= 0.3 is 0 Å². The first-order valence-electron chi connectivity index (χ1n) is 5.14. The number of aliphatic hydroxyl groups is 1. The van der Waals surface area contributed by atoms with Crippen LogP contribution >= 0.6 is 11.6 Å². The molecular weight excluding hydrogens is 264 g/mol. The summed E-state index contributed by atoms with van der Waals surface area (Å²) in [6.07, 6.45) is -0.129. The summed E-state index contributed by atoms with van der Waals surface area (Å²) < 4.78 is 25.6. The van der Waals surface area contributed by atoms with Crippen molar-refractivity contribution in [1.29, 1.82) is 0 Å². The fraction of sp³-hybridized carbons (Fsp3) is 0.400. The Bertz CT molecular complexity index is 532. The molecule has 94 valence electrons. The molecule has 3 N–H and O–H groups in total. The maximum Gasteiger partial charge on any atom is 0.243 e. The van der Waals surface area contributed by atoms with Gasteiger partial charge in [-0.15, -0.1) is 0 Å². The van der Waals surface area contributed by atoms with E-state index < -0.39 is 16.1 Å². The van der Waals surface area contributed by atoms with Gasteiger partial charge in [0.25, 0.3) is 0 Å². The highest BCUT2D eigenvalue weighted by Gasteiger charge is 2.31. The minimum Gasteiger partial charge on any atom is -0.398 e.